The largest absolute Gasteiger partial charge is 0.454 e. The number of aromatic nitrogens is 1. The molecule has 0 spiro atoms. The van der Waals surface area contributed by atoms with Crippen LogP contribution >= 0.6 is 0 Å². The second-order valence-corrected chi connectivity index (χ2v) is 7.43. The zero-order chi connectivity index (χ0) is 20.5. The number of fused-ring (bicyclic) bond motifs is 1. The van der Waals surface area contributed by atoms with Crippen molar-refractivity contribution in [2.45, 2.75) is 26.4 Å². The molecular weight excluding hydrogens is 368 g/mol. The summed E-state index contributed by atoms with van der Waals surface area (Å²) in [6.45, 7) is 3.80. The highest BCUT2D eigenvalue weighted by Gasteiger charge is 2.37. The van der Waals surface area contributed by atoms with Gasteiger partial charge in [-0.3, -0.25) is 14.4 Å². The Kier molecular flexibility index (Phi) is 4.92. The first kappa shape index (κ1) is 18.9. The van der Waals surface area contributed by atoms with Crippen LogP contribution in [0.1, 0.15) is 29.3 Å². The van der Waals surface area contributed by atoms with Gasteiger partial charge in [0.1, 0.15) is 0 Å². The number of hydrogen-bond donors (Lipinski definition) is 1. The van der Waals surface area contributed by atoms with Crippen LogP contribution in [0.4, 0.5) is 5.69 Å². The summed E-state index contributed by atoms with van der Waals surface area (Å²) in [4.78, 5) is 42.4. The minimum absolute atomic E-state index is 0.0840. The van der Waals surface area contributed by atoms with Crippen molar-refractivity contribution in [1.29, 1.82) is 0 Å². The van der Waals surface area contributed by atoms with Crippen molar-refractivity contribution in [3.63, 3.8) is 0 Å². The van der Waals surface area contributed by atoms with Crippen LogP contribution in [0, 0.1) is 12.8 Å². The summed E-state index contributed by atoms with van der Waals surface area (Å²) in [5.74, 6) is -1.49. The Labute approximate surface area is 168 Å². The second-order valence-electron chi connectivity index (χ2n) is 7.43. The number of Topliss-reactive ketones (excluding diaryl/α,β-unsaturated/α-hetero) is 1. The third-order valence-corrected chi connectivity index (χ3v) is 5.32. The maximum Gasteiger partial charge on any atom is 0.312 e. The predicted octanol–water partition coefficient (Wildman–Crippen LogP) is 3.64. The molecule has 1 aromatic heterocycles. The van der Waals surface area contributed by atoms with Gasteiger partial charge in [0.2, 0.25) is 11.7 Å². The molecule has 6 nitrogen and oxygen atoms in total. The molecule has 1 saturated heterocycles. The van der Waals surface area contributed by atoms with Gasteiger partial charge >= 0.3 is 5.97 Å². The highest BCUT2D eigenvalue weighted by molar-refractivity contribution is 6.10. The van der Waals surface area contributed by atoms with Crippen LogP contribution in [0.15, 0.2) is 54.7 Å². The number of H-pyrrole nitrogens is 1. The smallest absolute Gasteiger partial charge is 0.312 e. The molecule has 1 aliphatic heterocycles. The number of anilines is 1. The Morgan fingerprint density at radius 3 is 2.62 bits per heavy atom. The molecule has 1 aliphatic rings. The maximum absolute atomic E-state index is 12.8. The van der Waals surface area contributed by atoms with E-state index in [4.69, 9.17) is 4.74 Å². The lowest BCUT2D eigenvalue weighted by molar-refractivity contribution is -0.151. The first-order chi connectivity index (χ1) is 13.9. The van der Waals surface area contributed by atoms with Gasteiger partial charge in [0.15, 0.2) is 6.10 Å². The molecule has 0 aliphatic carbocycles. The molecule has 148 valence electrons. The lowest BCUT2D eigenvalue weighted by Crippen LogP contribution is -2.30. The fourth-order valence-electron chi connectivity index (χ4n) is 3.66. The van der Waals surface area contributed by atoms with Gasteiger partial charge < -0.3 is 14.6 Å². The number of ether oxygens (including phenoxy) is 1. The van der Waals surface area contributed by atoms with Gasteiger partial charge in [-0.15, -0.1) is 0 Å². The standard InChI is InChI=1S/C23H22N2O4/c1-14-7-9-17(10-8-14)25-13-16(11-21(25)26)23(28)29-15(2)22(27)19-12-24-20-6-4-3-5-18(19)20/h3-10,12,15-16,24H,11,13H2,1-2H3/t15-,16+/m0/s1. The SMILES string of the molecule is Cc1ccc(N2C[C@H](C(=O)O[C@@H](C)C(=O)c3c[nH]c4ccccc34)CC2=O)cc1. The van der Waals surface area contributed by atoms with Crippen molar-refractivity contribution in [1.82, 2.24) is 4.98 Å². The number of rotatable bonds is 5. The molecule has 1 amide bonds. The van der Waals surface area contributed by atoms with Crippen LogP contribution in [0.5, 0.6) is 0 Å². The van der Waals surface area contributed by atoms with Crippen LogP contribution in [0.3, 0.4) is 0 Å². The molecule has 4 rings (SSSR count). The minimum Gasteiger partial charge on any atom is -0.454 e. The topological polar surface area (TPSA) is 79.5 Å². The van der Waals surface area contributed by atoms with Crippen LogP contribution in [-0.2, 0) is 14.3 Å². The van der Waals surface area contributed by atoms with Crippen LogP contribution in [0.25, 0.3) is 10.9 Å². The number of aromatic amines is 1. The molecule has 1 fully saturated rings. The van der Waals surface area contributed by atoms with Crippen LogP contribution in [-0.4, -0.2) is 35.3 Å². The van der Waals surface area contributed by atoms with Gasteiger partial charge in [-0.05, 0) is 32.0 Å². The van der Waals surface area contributed by atoms with Crippen LogP contribution in [0.2, 0.25) is 0 Å². The molecule has 2 aromatic carbocycles. The summed E-state index contributed by atoms with van der Waals surface area (Å²) in [5, 5.41) is 0.794. The summed E-state index contributed by atoms with van der Waals surface area (Å²) in [6.07, 6.45) is 0.793. The van der Waals surface area contributed by atoms with E-state index in [9.17, 15) is 14.4 Å². The van der Waals surface area contributed by atoms with Crippen LogP contribution < -0.4 is 4.90 Å². The Morgan fingerprint density at radius 1 is 1.14 bits per heavy atom. The number of amides is 1. The predicted molar refractivity (Wildman–Crippen MR) is 110 cm³/mol. The monoisotopic (exact) mass is 390 g/mol. The molecule has 0 saturated carbocycles. The molecule has 6 heteroatoms. The number of carbonyl (C=O) groups is 3. The van der Waals surface area contributed by atoms with E-state index in [0.717, 1.165) is 22.2 Å². The normalized spacial score (nSPS) is 17.5. The third kappa shape index (κ3) is 3.66. The van der Waals surface area contributed by atoms with E-state index in [2.05, 4.69) is 4.98 Å². The fourth-order valence-corrected chi connectivity index (χ4v) is 3.66. The number of carbonyl (C=O) groups excluding carboxylic acids is 3. The van der Waals surface area contributed by atoms with Crippen molar-refractivity contribution in [2.24, 2.45) is 5.92 Å². The van der Waals surface area contributed by atoms with Crippen molar-refractivity contribution < 1.29 is 19.1 Å². The van der Waals surface area contributed by atoms with Gasteiger partial charge in [-0.1, -0.05) is 35.9 Å². The summed E-state index contributed by atoms with van der Waals surface area (Å²) in [6, 6.07) is 15.1. The first-order valence-electron chi connectivity index (χ1n) is 9.62. The maximum atomic E-state index is 12.8. The third-order valence-electron chi connectivity index (χ3n) is 5.32. The summed E-state index contributed by atoms with van der Waals surface area (Å²) in [7, 11) is 0. The average Bonchev–Trinajstić information content (AvgIpc) is 3.32. The number of esters is 1. The zero-order valence-electron chi connectivity index (χ0n) is 16.3. The lowest BCUT2D eigenvalue weighted by atomic mass is 10.1. The molecule has 0 radical (unpaired) electrons. The summed E-state index contributed by atoms with van der Waals surface area (Å²) >= 11 is 0. The van der Waals surface area contributed by atoms with E-state index in [-0.39, 0.29) is 24.7 Å². The van der Waals surface area contributed by atoms with E-state index in [0.29, 0.717) is 5.56 Å². The second kappa shape index (κ2) is 7.54. The van der Waals surface area contributed by atoms with E-state index < -0.39 is 18.0 Å². The fraction of sp³-hybridized carbons (Fsp3) is 0.261. The molecular formula is C23H22N2O4. The van der Waals surface area contributed by atoms with Gasteiger partial charge in [0, 0.05) is 41.3 Å². The molecule has 3 aromatic rings. The first-order valence-corrected chi connectivity index (χ1v) is 9.62. The Balaban J connectivity index is 1.43. The summed E-state index contributed by atoms with van der Waals surface area (Å²) in [5.41, 5.74) is 3.20. The zero-order valence-corrected chi connectivity index (χ0v) is 16.3. The average molecular weight is 390 g/mol. The number of ketones is 1. The Bertz CT molecular complexity index is 1080. The molecule has 0 unspecified atom stereocenters. The van der Waals surface area contributed by atoms with Crippen molar-refractivity contribution in [3.8, 4) is 0 Å². The highest BCUT2D eigenvalue weighted by atomic mass is 16.5. The number of para-hydroxylation sites is 1. The number of nitrogens with one attached hydrogen (secondary N) is 1. The molecule has 2 atom stereocenters. The van der Waals surface area contributed by atoms with Crippen molar-refractivity contribution in [2.75, 3.05) is 11.4 Å². The van der Waals surface area contributed by atoms with Gasteiger partial charge in [0.25, 0.3) is 0 Å². The van der Waals surface area contributed by atoms with Crippen molar-refractivity contribution >= 4 is 34.3 Å². The molecule has 0 bridgehead atoms. The number of nitrogens with zero attached hydrogens (tertiary/aromatic N) is 1. The van der Waals surface area contributed by atoms with Gasteiger partial charge in [-0.2, -0.15) is 0 Å². The van der Waals surface area contributed by atoms with E-state index >= 15 is 0 Å². The van der Waals surface area contributed by atoms with E-state index in [1.54, 1.807) is 18.0 Å². The van der Waals surface area contributed by atoms with Gasteiger partial charge in [-0.25, -0.2) is 0 Å². The quantitative estimate of drug-likeness (QED) is 0.533. The Morgan fingerprint density at radius 2 is 1.86 bits per heavy atom. The minimum atomic E-state index is -0.926. The number of hydrogen-bond acceptors (Lipinski definition) is 4. The molecule has 2 heterocycles. The molecule has 1 N–H and O–H groups in total. The van der Waals surface area contributed by atoms with Gasteiger partial charge in [0.05, 0.1) is 5.92 Å². The number of aryl methyl sites for hydroxylation is 1. The Hall–Kier alpha value is -3.41. The van der Waals surface area contributed by atoms with Crippen molar-refractivity contribution in [3.05, 3.63) is 65.9 Å². The highest BCUT2D eigenvalue weighted by Crippen LogP contribution is 2.27. The molecule has 29 heavy (non-hydrogen) atoms. The number of benzene rings is 2. The summed E-state index contributed by atoms with van der Waals surface area (Å²) < 4.78 is 5.44. The van der Waals surface area contributed by atoms with E-state index in [1.807, 2.05) is 55.5 Å². The van der Waals surface area contributed by atoms with E-state index in [1.165, 1.54) is 0 Å². The lowest BCUT2D eigenvalue weighted by Gasteiger charge is -2.18.